The molecule has 0 fully saturated rings. The number of aromatic nitrogens is 2. The van der Waals surface area contributed by atoms with Crippen LogP contribution >= 0.6 is 30.1 Å². The van der Waals surface area contributed by atoms with Gasteiger partial charge in [-0.2, -0.15) is 9.37 Å². The van der Waals surface area contributed by atoms with Crippen molar-refractivity contribution < 1.29 is 18.3 Å². The molecule has 0 amide bonds. The summed E-state index contributed by atoms with van der Waals surface area (Å²) in [4.78, 5) is 15.0. The average Bonchev–Trinajstić information content (AvgIpc) is 2.73. The maximum atomic E-state index is 13.9. The van der Waals surface area contributed by atoms with Gasteiger partial charge in [-0.15, -0.1) is 0 Å². The Kier molecular flexibility index (Phi) is 4.05. The molecule has 96 valence electrons. The smallest absolute Gasteiger partial charge is 0.419 e. The summed E-state index contributed by atoms with van der Waals surface area (Å²) in [6.07, 6.45) is 0.591. The maximum Gasteiger partial charge on any atom is 0.419 e. The summed E-state index contributed by atoms with van der Waals surface area (Å²) in [5, 5.41) is 0.0867. The zero-order chi connectivity index (χ0) is 13.3. The Morgan fingerprint density at radius 3 is 2.94 bits per heavy atom. The molecular formula is C10H7F2IN2O2S. The van der Waals surface area contributed by atoms with Gasteiger partial charge in [-0.3, -0.25) is 0 Å². The molecule has 2 heterocycles. The van der Waals surface area contributed by atoms with Gasteiger partial charge in [0.1, 0.15) is 4.90 Å². The molecule has 8 heteroatoms. The van der Waals surface area contributed by atoms with E-state index in [-0.39, 0.29) is 22.5 Å². The van der Waals surface area contributed by atoms with Crippen LogP contribution in [0.2, 0.25) is 0 Å². The Hall–Kier alpha value is -0.900. The third-order valence-corrected chi connectivity index (χ3v) is 4.05. The van der Waals surface area contributed by atoms with Crippen LogP contribution in [0.15, 0.2) is 17.2 Å². The molecule has 0 aliphatic heterocycles. The topological polar surface area (TPSA) is 44.1 Å². The van der Waals surface area contributed by atoms with E-state index in [9.17, 15) is 13.6 Å². The Morgan fingerprint density at radius 1 is 1.61 bits per heavy atom. The van der Waals surface area contributed by atoms with E-state index >= 15 is 0 Å². The van der Waals surface area contributed by atoms with E-state index < -0.39 is 17.9 Å². The maximum absolute atomic E-state index is 13.9. The second-order valence-corrected chi connectivity index (χ2v) is 5.13. The van der Waals surface area contributed by atoms with Crippen molar-refractivity contribution in [1.82, 2.24) is 9.55 Å². The van der Waals surface area contributed by atoms with E-state index in [0.717, 1.165) is 13.5 Å². The molecule has 2 aromatic rings. The standard InChI is InChI=1S/C10H7F2IN2O2S/c1-2-17-10(16)15-4-3-5-6(11)7(18-13)8(12)14-9(5)15/h3-4H,2H2,1H3. The van der Waals surface area contributed by atoms with Crippen LogP contribution in [0.3, 0.4) is 0 Å². The normalized spacial score (nSPS) is 10.9. The molecular weight excluding hydrogens is 377 g/mol. The highest BCUT2D eigenvalue weighted by Gasteiger charge is 2.20. The van der Waals surface area contributed by atoms with E-state index in [2.05, 4.69) is 4.98 Å². The molecule has 2 aromatic heterocycles. The van der Waals surface area contributed by atoms with Crippen LogP contribution in [0.5, 0.6) is 0 Å². The molecule has 0 spiro atoms. The van der Waals surface area contributed by atoms with Crippen molar-refractivity contribution in [3.8, 4) is 0 Å². The van der Waals surface area contributed by atoms with Gasteiger partial charge in [0.05, 0.1) is 12.0 Å². The summed E-state index contributed by atoms with van der Waals surface area (Å²) in [5.41, 5.74) is -0.0855. The van der Waals surface area contributed by atoms with Gasteiger partial charge in [-0.25, -0.2) is 13.8 Å². The Labute approximate surface area is 117 Å². The zero-order valence-corrected chi connectivity index (χ0v) is 12.1. The summed E-state index contributed by atoms with van der Waals surface area (Å²) < 4.78 is 33.2. The number of hydrogen-bond donors (Lipinski definition) is 0. The Balaban J connectivity index is 2.64. The molecule has 0 atom stereocenters. The lowest BCUT2D eigenvalue weighted by Crippen LogP contribution is -2.13. The SMILES string of the molecule is CCOC(=O)n1ccc2c(F)c(SI)c(F)nc21. The van der Waals surface area contributed by atoms with Crippen LogP contribution in [-0.4, -0.2) is 22.3 Å². The second-order valence-electron chi connectivity index (χ2n) is 3.24. The van der Waals surface area contributed by atoms with Crippen LogP contribution in [0, 0.1) is 11.8 Å². The van der Waals surface area contributed by atoms with Crippen molar-refractivity contribution in [2.45, 2.75) is 11.8 Å². The van der Waals surface area contributed by atoms with Gasteiger partial charge in [-0.05, 0) is 21.9 Å². The first kappa shape index (κ1) is 13.5. The van der Waals surface area contributed by atoms with E-state index in [1.165, 1.54) is 12.3 Å². The van der Waals surface area contributed by atoms with Crippen LogP contribution in [0.25, 0.3) is 11.0 Å². The van der Waals surface area contributed by atoms with E-state index in [1.54, 1.807) is 28.1 Å². The largest absolute Gasteiger partial charge is 0.449 e. The summed E-state index contributed by atoms with van der Waals surface area (Å²) in [6.45, 7) is 1.81. The first-order chi connectivity index (χ1) is 8.60. The van der Waals surface area contributed by atoms with Gasteiger partial charge >= 0.3 is 6.09 Å². The third-order valence-electron chi connectivity index (χ3n) is 2.23. The molecule has 0 radical (unpaired) electrons. The monoisotopic (exact) mass is 384 g/mol. The van der Waals surface area contributed by atoms with Crippen molar-refractivity contribution in [2.75, 3.05) is 6.61 Å². The van der Waals surface area contributed by atoms with Gasteiger partial charge in [-0.1, -0.05) is 0 Å². The molecule has 18 heavy (non-hydrogen) atoms. The van der Waals surface area contributed by atoms with E-state index in [1.807, 2.05) is 0 Å². The number of carbonyl (C=O) groups excluding carboxylic acids is 1. The quantitative estimate of drug-likeness (QED) is 0.584. The van der Waals surface area contributed by atoms with Crippen molar-refractivity contribution in [1.29, 1.82) is 0 Å². The van der Waals surface area contributed by atoms with Gasteiger partial charge in [0, 0.05) is 27.4 Å². The molecule has 0 saturated carbocycles. The molecule has 0 aliphatic carbocycles. The highest BCUT2D eigenvalue weighted by molar-refractivity contribution is 14.2. The lowest BCUT2D eigenvalue weighted by molar-refractivity contribution is 0.155. The van der Waals surface area contributed by atoms with Crippen LogP contribution in [0.1, 0.15) is 6.92 Å². The minimum absolute atomic E-state index is 0.0855. The minimum Gasteiger partial charge on any atom is -0.449 e. The van der Waals surface area contributed by atoms with Gasteiger partial charge in [0.25, 0.3) is 0 Å². The molecule has 2 rings (SSSR count). The third kappa shape index (κ3) is 2.18. The number of carbonyl (C=O) groups is 1. The number of rotatable bonds is 2. The number of fused-ring (bicyclic) bond motifs is 1. The molecule has 0 bridgehead atoms. The summed E-state index contributed by atoms with van der Waals surface area (Å²) in [6, 6.07) is 1.37. The molecule has 0 aromatic carbocycles. The predicted octanol–water partition coefficient (Wildman–Crippen LogP) is 3.76. The fraction of sp³-hybridized carbons (Fsp3) is 0.200. The fourth-order valence-corrected chi connectivity index (χ4v) is 2.88. The van der Waals surface area contributed by atoms with Crippen LogP contribution in [0.4, 0.5) is 13.6 Å². The van der Waals surface area contributed by atoms with Crippen molar-refractivity contribution in [3.63, 3.8) is 0 Å². The van der Waals surface area contributed by atoms with Crippen LogP contribution < -0.4 is 0 Å². The Bertz CT molecular complexity index is 617. The lowest BCUT2D eigenvalue weighted by atomic mass is 10.3. The second kappa shape index (κ2) is 5.39. The van der Waals surface area contributed by atoms with Gasteiger partial charge < -0.3 is 4.74 Å². The first-order valence-corrected chi connectivity index (χ1v) is 8.27. The summed E-state index contributed by atoms with van der Waals surface area (Å²) >= 11 is 1.77. The Morgan fingerprint density at radius 2 is 2.33 bits per heavy atom. The van der Waals surface area contributed by atoms with E-state index in [0.29, 0.717) is 0 Å². The van der Waals surface area contributed by atoms with Gasteiger partial charge in [0.2, 0.25) is 5.95 Å². The highest BCUT2D eigenvalue weighted by atomic mass is 127. The minimum atomic E-state index is -0.941. The van der Waals surface area contributed by atoms with Crippen molar-refractivity contribution >= 4 is 47.3 Å². The predicted molar refractivity (Wildman–Crippen MR) is 71.9 cm³/mol. The lowest BCUT2D eigenvalue weighted by Gasteiger charge is -2.05. The van der Waals surface area contributed by atoms with Crippen LogP contribution in [-0.2, 0) is 4.74 Å². The number of nitrogens with zero attached hydrogens (tertiary/aromatic N) is 2. The number of halogens is 3. The molecule has 0 N–H and O–H groups in total. The molecule has 0 unspecified atom stereocenters. The van der Waals surface area contributed by atoms with Crippen molar-refractivity contribution in [2.24, 2.45) is 0 Å². The molecule has 0 aliphatic rings. The molecule has 4 nitrogen and oxygen atoms in total. The number of pyridine rings is 1. The fourth-order valence-electron chi connectivity index (χ4n) is 1.47. The van der Waals surface area contributed by atoms with E-state index in [4.69, 9.17) is 4.74 Å². The number of hydrogen-bond acceptors (Lipinski definition) is 4. The molecule has 0 saturated heterocycles. The zero-order valence-electron chi connectivity index (χ0n) is 9.11. The summed E-state index contributed by atoms with van der Waals surface area (Å²) in [5.74, 6) is -1.66. The summed E-state index contributed by atoms with van der Waals surface area (Å²) in [7, 11) is 0.897. The highest BCUT2D eigenvalue weighted by Crippen LogP contribution is 2.33. The number of ether oxygens (including phenoxy) is 1. The first-order valence-electron chi connectivity index (χ1n) is 4.92. The average molecular weight is 384 g/mol. The van der Waals surface area contributed by atoms with Crippen molar-refractivity contribution in [3.05, 3.63) is 24.0 Å². The van der Waals surface area contributed by atoms with Gasteiger partial charge in [0.15, 0.2) is 11.5 Å².